The molecule has 5 nitrogen and oxygen atoms in total. The van der Waals surface area contributed by atoms with E-state index in [1.165, 1.54) is 18.2 Å². The lowest BCUT2D eigenvalue weighted by molar-refractivity contribution is 0.590. The number of benzene rings is 1. The van der Waals surface area contributed by atoms with Crippen LogP contribution in [-0.4, -0.2) is 21.0 Å². The summed E-state index contributed by atoms with van der Waals surface area (Å²) >= 11 is 0. The molecule has 0 aliphatic rings. The van der Waals surface area contributed by atoms with Crippen LogP contribution >= 0.6 is 0 Å². The van der Waals surface area contributed by atoms with Gasteiger partial charge in [0.05, 0.1) is 5.69 Å². The van der Waals surface area contributed by atoms with Crippen LogP contribution in [0.4, 0.5) is 26.2 Å². The molecule has 2 N–H and O–H groups in total. The average molecular weight is 341 g/mol. The fourth-order valence-corrected chi connectivity index (χ4v) is 2.25. The maximum Gasteiger partial charge on any atom is 0.225 e. The van der Waals surface area contributed by atoms with E-state index >= 15 is 0 Å². The van der Waals surface area contributed by atoms with Crippen LogP contribution in [0.25, 0.3) is 11.3 Å². The highest BCUT2D eigenvalue weighted by atomic mass is 19.1. The smallest absolute Gasteiger partial charge is 0.225 e. The normalized spacial score (nSPS) is 10.8. The van der Waals surface area contributed by atoms with Gasteiger partial charge in [0, 0.05) is 30.1 Å². The van der Waals surface area contributed by atoms with E-state index in [1.807, 2.05) is 13.8 Å². The Kier molecular flexibility index (Phi) is 4.83. The van der Waals surface area contributed by atoms with E-state index in [9.17, 15) is 8.78 Å². The molecule has 0 atom stereocenters. The molecule has 0 saturated heterocycles. The summed E-state index contributed by atoms with van der Waals surface area (Å²) in [4.78, 5) is 12.7. The van der Waals surface area contributed by atoms with Crippen molar-refractivity contribution < 1.29 is 8.78 Å². The zero-order valence-corrected chi connectivity index (χ0v) is 13.8. The monoisotopic (exact) mass is 341 g/mol. The first kappa shape index (κ1) is 16.8. The van der Waals surface area contributed by atoms with Crippen LogP contribution in [0.3, 0.4) is 0 Å². The summed E-state index contributed by atoms with van der Waals surface area (Å²) in [6.45, 7) is 3.90. The van der Waals surface area contributed by atoms with Gasteiger partial charge in [-0.3, -0.25) is 4.98 Å². The van der Waals surface area contributed by atoms with Crippen LogP contribution in [0.2, 0.25) is 0 Å². The van der Waals surface area contributed by atoms with E-state index in [0.717, 1.165) is 5.56 Å². The Morgan fingerprint density at radius 3 is 2.28 bits per heavy atom. The maximum atomic E-state index is 13.9. The van der Waals surface area contributed by atoms with Gasteiger partial charge in [0.2, 0.25) is 5.95 Å². The molecular weight excluding hydrogens is 324 g/mol. The van der Waals surface area contributed by atoms with Gasteiger partial charge in [-0.1, -0.05) is 6.07 Å². The van der Waals surface area contributed by atoms with Crippen LogP contribution in [0, 0.1) is 11.6 Å². The van der Waals surface area contributed by atoms with Crippen molar-refractivity contribution >= 4 is 17.5 Å². The molecular formula is C18H17F2N5. The Labute approximate surface area is 144 Å². The Bertz CT molecular complexity index is 848. The van der Waals surface area contributed by atoms with Crippen molar-refractivity contribution in [2.75, 3.05) is 10.6 Å². The second-order valence-corrected chi connectivity index (χ2v) is 5.72. The Hall–Kier alpha value is -3.09. The van der Waals surface area contributed by atoms with Gasteiger partial charge in [0.1, 0.15) is 23.1 Å². The molecule has 0 fully saturated rings. The van der Waals surface area contributed by atoms with Crippen molar-refractivity contribution in [2.24, 2.45) is 0 Å². The fourth-order valence-electron chi connectivity index (χ4n) is 2.25. The summed E-state index contributed by atoms with van der Waals surface area (Å²) in [5, 5.41) is 5.81. The number of pyridine rings is 1. The minimum absolute atomic E-state index is 0.103. The highest BCUT2D eigenvalue weighted by molar-refractivity contribution is 5.67. The lowest BCUT2D eigenvalue weighted by atomic mass is 10.2. The zero-order chi connectivity index (χ0) is 17.8. The minimum Gasteiger partial charge on any atom is -0.352 e. The summed E-state index contributed by atoms with van der Waals surface area (Å²) in [6.07, 6.45) is 3.30. The number of nitrogens with one attached hydrogen (secondary N) is 2. The highest BCUT2D eigenvalue weighted by Crippen LogP contribution is 2.26. The predicted molar refractivity (Wildman–Crippen MR) is 93.7 cm³/mol. The summed E-state index contributed by atoms with van der Waals surface area (Å²) in [7, 11) is 0. The maximum absolute atomic E-state index is 13.9. The third-order valence-electron chi connectivity index (χ3n) is 3.34. The van der Waals surface area contributed by atoms with E-state index in [1.54, 1.807) is 30.6 Å². The number of hydrogen-bond acceptors (Lipinski definition) is 5. The molecule has 3 rings (SSSR count). The molecule has 7 heteroatoms. The molecule has 3 aromatic rings. The molecule has 0 unspecified atom stereocenters. The fraction of sp³-hybridized carbons (Fsp3) is 0.167. The largest absolute Gasteiger partial charge is 0.352 e. The molecule has 2 aromatic heterocycles. The Morgan fingerprint density at radius 2 is 1.64 bits per heavy atom. The van der Waals surface area contributed by atoms with Crippen molar-refractivity contribution in [1.29, 1.82) is 0 Å². The summed E-state index contributed by atoms with van der Waals surface area (Å²) in [6, 6.07) is 9.01. The SMILES string of the molecule is CC(C)Nc1nc(Nc2c(F)cccc2F)cc(-c2ccncc2)n1. The summed E-state index contributed by atoms with van der Waals surface area (Å²) in [5.41, 5.74) is 1.18. The van der Waals surface area contributed by atoms with Gasteiger partial charge in [0.25, 0.3) is 0 Å². The minimum atomic E-state index is -0.692. The number of rotatable bonds is 5. The number of anilines is 3. The van der Waals surface area contributed by atoms with Gasteiger partial charge in [-0.25, -0.2) is 13.8 Å². The molecule has 2 heterocycles. The number of para-hydroxylation sites is 1. The van der Waals surface area contributed by atoms with Gasteiger partial charge < -0.3 is 10.6 Å². The predicted octanol–water partition coefficient (Wildman–Crippen LogP) is 4.38. The second kappa shape index (κ2) is 7.21. The van der Waals surface area contributed by atoms with Crippen LogP contribution in [-0.2, 0) is 0 Å². The molecule has 25 heavy (non-hydrogen) atoms. The lowest BCUT2D eigenvalue weighted by Gasteiger charge is -2.13. The van der Waals surface area contributed by atoms with Crippen molar-refractivity contribution in [3.8, 4) is 11.3 Å². The number of nitrogens with zero attached hydrogens (tertiary/aromatic N) is 3. The highest BCUT2D eigenvalue weighted by Gasteiger charge is 2.12. The standard InChI is InChI=1S/C18H17F2N5/c1-11(2)22-18-23-15(12-6-8-21-9-7-12)10-16(25-18)24-17-13(19)4-3-5-14(17)20/h3-11H,1-2H3,(H2,22,23,24,25). The summed E-state index contributed by atoms with van der Waals surface area (Å²) in [5.74, 6) is -0.734. The van der Waals surface area contributed by atoms with Gasteiger partial charge in [-0.2, -0.15) is 4.98 Å². The average Bonchev–Trinajstić information content (AvgIpc) is 2.58. The van der Waals surface area contributed by atoms with Crippen molar-refractivity contribution in [1.82, 2.24) is 15.0 Å². The Balaban J connectivity index is 2.03. The first-order valence-corrected chi connectivity index (χ1v) is 7.80. The molecule has 0 radical (unpaired) electrons. The molecule has 0 saturated carbocycles. The van der Waals surface area contributed by atoms with E-state index in [4.69, 9.17) is 0 Å². The molecule has 1 aromatic carbocycles. The molecule has 0 spiro atoms. The van der Waals surface area contributed by atoms with Crippen LogP contribution < -0.4 is 10.6 Å². The number of aromatic nitrogens is 3. The van der Waals surface area contributed by atoms with Crippen LogP contribution in [0.1, 0.15) is 13.8 Å². The van der Waals surface area contributed by atoms with Gasteiger partial charge in [-0.05, 0) is 38.1 Å². The van der Waals surface area contributed by atoms with E-state index < -0.39 is 11.6 Å². The van der Waals surface area contributed by atoms with Crippen molar-refractivity contribution in [3.05, 3.63) is 60.4 Å². The summed E-state index contributed by atoms with van der Waals surface area (Å²) < 4.78 is 27.8. The molecule has 0 amide bonds. The Morgan fingerprint density at radius 1 is 0.960 bits per heavy atom. The number of halogens is 2. The third-order valence-corrected chi connectivity index (χ3v) is 3.34. The van der Waals surface area contributed by atoms with Crippen molar-refractivity contribution in [3.63, 3.8) is 0 Å². The second-order valence-electron chi connectivity index (χ2n) is 5.72. The van der Waals surface area contributed by atoms with Crippen LogP contribution in [0.15, 0.2) is 48.8 Å². The van der Waals surface area contributed by atoms with E-state index in [-0.39, 0.29) is 17.5 Å². The van der Waals surface area contributed by atoms with E-state index in [2.05, 4.69) is 25.6 Å². The number of hydrogen-bond donors (Lipinski definition) is 2. The zero-order valence-electron chi connectivity index (χ0n) is 13.8. The van der Waals surface area contributed by atoms with E-state index in [0.29, 0.717) is 11.6 Å². The molecule has 0 bridgehead atoms. The molecule has 0 aliphatic carbocycles. The van der Waals surface area contributed by atoms with Crippen LogP contribution in [0.5, 0.6) is 0 Å². The first-order valence-electron chi connectivity index (χ1n) is 7.80. The molecule has 128 valence electrons. The van der Waals surface area contributed by atoms with Gasteiger partial charge in [0.15, 0.2) is 0 Å². The van der Waals surface area contributed by atoms with Gasteiger partial charge >= 0.3 is 0 Å². The quantitative estimate of drug-likeness (QED) is 0.721. The lowest BCUT2D eigenvalue weighted by Crippen LogP contribution is -2.13. The first-order chi connectivity index (χ1) is 12.0. The van der Waals surface area contributed by atoms with Gasteiger partial charge in [-0.15, -0.1) is 0 Å². The molecule has 0 aliphatic heterocycles. The topological polar surface area (TPSA) is 62.7 Å². The van der Waals surface area contributed by atoms with Crippen molar-refractivity contribution in [2.45, 2.75) is 19.9 Å². The third kappa shape index (κ3) is 4.06.